The van der Waals surface area contributed by atoms with Gasteiger partial charge in [-0.3, -0.25) is 4.79 Å². The summed E-state index contributed by atoms with van der Waals surface area (Å²) < 4.78 is 26.7. The molecule has 0 saturated carbocycles. The molecule has 150 valence electrons. The minimum absolute atomic E-state index is 0.0583. The Balaban J connectivity index is 1.87. The van der Waals surface area contributed by atoms with Gasteiger partial charge in [0.2, 0.25) is 10.0 Å². The van der Waals surface area contributed by atoms with E-state index in [4.69, 9.17) is 0 Å². The van der Waals surface area contributed by atoms with E-state index in [1.165, 1.54) is 23.8 Å². The summed E-state index contributed by atoms with van der Waals surface area (Å²) in [5, 5.41) is 2.84. The highest BCUT2D eigenvalue weighted by atomic mass is 32.2. The molecule has 1 amide bonds. The van der Waals surface area contributed by atoms with E-state index < -0.39 is 10.0 Å². The van der Waals surface area contributed by atoms with Crippen LogP contribution in [-0.2, 0) is 16.4 Å². The van der Waals surface area contributed by atoms with Crippen molar-refractivity contribution in [3.63, 3.8) is 0 Å². The van der Waals surface area contributed by atoms with Crippen molar-refractivity contribution in [3.8, 4) is 0 Å². The fourth-order valence-electron chi connectivity index (χ4n) is 2.61. The summed E-state index contributed by atoms with van der Waals surface area (Å²) >= 11 is 0. The molecular formula is C21H27N3O3S. The van der Waals surface area contributed by atoms with Crippen molar-refractivity contribution in [2.75, 3.05) is 32.1 Å². The van der Waals surface area contributed by atoms with Gasteiger partial charge < -0.3 is 10.2 Å². The number of hydrogen-bond acceptors (Lipinski definition) is 4. The molecule has 0 atom stereocenters. The van der Waals surface area contributed by atoms with Gasteiger partial charge in [-0.25, -0.2) is 13.1 Å². The normalized spacial score (nSPS) is 11.1. The number of nitrogens with one attached hydrogen (secondary N) is 2. The Morgan fingerprint density at radius 2 is 1.86 bits per heavy atom. The van der Waals surface area contributed by atoms with E-state index in [0.29, 0.717) is 12.1 Å². The number of aryl methyl sites for hydroxylation is 1. The van der Waals surface area contributed by atoms with E-state index in [9.17, 15) is 13.2 Å². The molecule has 2 N–H and O–H groups in total. The Morgan fingerprint density at radius 1 is 1.14 bits per heavy atom. The van der Waals surface area contributed by atoms with Crippen molar-refractivity contribution in [1.82, 2.24) is 10.0 Å². The summed E-state index contributed by atoms with van der Waals surface area (Å²) in [5.41, 5.74) is 2.67. The van der Waals surface area contributed by atoms with Crippen molar-refractivity contribution in [1.29, 1.82) is 0 Å². The van der Waals surface area contributed by atoms with Crippen molar-refractivity contribution >= 4 is 21.6 Å². The predicted molar refractivity (Wildman–Crippen MR) is 113 cm³/mol. The summed E-state index contributed by atoms with van der Waals surface area (Å²) in [6.45, 7) is 4.13. The SMILES string of the molecule is C=CCNS(=O)(=O)c1cccc(C(=O)NCCCc2ccc(N(C)C)cc2)c1. The Morgan fingerprint density at radius 3 is 2.50 bits per heavy atom. The van der Waals surface area contributed by atoms with Crippen molar-refractivity contribution in [2.45, 2.75) is 17.7 Å². The van der Waals surface area contributed by atoms with E-state index in [0.717, 1.165) is 18.5 Å². The van der Waals surface area contributed by atoms with Crippen LogP contribution in [0.1, 0.15) is 22.3 Å². The second-order valence-electron chi connectivity index (χ2n) is 6.59. The number of amides is 1. The summed E-state index contributed by atoms with van der Waals surface area (Å²) in [5.74, 6) is -0.288. The molecule has 2 rings (SSSR count). The molecule has 0 aliphatic heterocycles. The summed E-state index contributed by atoms with van der Waals surface area (Å²) in [6, 6.07) is 14.3. The highest BCUT2D eigenvalue weighted by molar-refractivity contribution is 7.89. The van der Waals surface area contributed by atoms with Crippen LogP contribution < -0.4 is 14.9 Å². The van der Waals surface area contributed by atoms with Crippen LogP contribution >= 0.6 is 0 Å². The molecule has 0 bridgehead atoms. The molecule has 28 heavy (non-hydrogen) atoms. The number of carbonyl (C=O) groups is 1. The Kier molecular flexibility index (Phi) is 7.78. The number of nitrogens with zero attached hydrogens (tertiary/aromatic N) is 1. The molecule has 0 aliphatic rings. The lowest BCUT2D eigenvalue weighted by Crippen LogP contribution is -2.26. The largest absolute Gasteiger partial charge is 0.378 e. The van der Waals surface area contributed by atoms with E-state index in [2.05, 4.69) is 40.9 Å². The third-order valence-corrected chi connectivity index (χ3v) is 5.63. The lowest BCUT2D eigenvalue weighted by molar-refractivity contribution is 0.0953. The smallest absolute Gasteiger partial charge is 0.251 e. The van der Waals surface area contributed by atoms with Crippen molar-refractivity contribution < 1.29 is 13.2 Å². The molecule has 0 unspecified atom stereocenters. The number of hydrogen-bond donors (Lipinski definition) is 2. The molecule has 0 aliphatic carbocycles. The number of sulfonamides is 1. The number of carbonyl (C=O) groups excluding carboxylic acids is 1. The Labute approximate surface area is 167 Å². The maximum atomic E-state index is 12.3. The van der Waals surface area contributed by atoms with Gasteiger partial charge in [0.1, 0.15) is 0 Å². The van der Waals surface area contributed by atoms with Crippen molar-refractivity contribution in [2.24, 2.45) is 0 Å². The molecule has 2 aromatic carbocycles. The first-order valence-corrected chi connectivity index (χ1v) is 10.6. The minimum Gasteiger partial charge on any atom is -0.378 e. The van der Waals surface area contributed by atoms with Gasteiger partial charge >= 0.3 is 0 Å². The van der Waals surface area contributed by atoms with E-state index >= 15 is 0 Å². The maximum Gasteiger partial charge on any atom is 0.251 e. The van der Waals surface area contributed by atoms with E-state index in [-0.39, 0.29) is 17.3 Å². The van der Waals surface area contributed by atoms with Gasteiger partial charge in [-0.1, -0.05) is 24.3 Å². The molecular weight excluding hydrogens is 374 g/mol. The first-order valence-electron chi connectivity index (χ1n) is 9.08. The molecule has 0 radical (unpaired) electrons. The molecule has 2 aromatic rings. The lowest BCUT2D eigenvalue weighted by Gasteiger charge is -2.12. The van der Waals surface area contributed by atoms with Gasteiger partial charge in [0.15, 0.2) is 0 Å². The standard InChI is InChI=1S/C21H27N3O3S/c1-4-14-23-28(26,27)20-9-5-8-18(16-20)21(25)22-15-6-7-17-10-12-19(13-11-17)24(2)3/h4-5,8-13,16,23H,1,6-7,14-15H2,2-3H3,(H,22,25). The van der Waals surface area contributed by atoms with Gasteiger partial charge in [-0.05, 0) is 48.7 Å². The zero-order valence-corrected chi connectivity index (χ0v) is 17.1. The predicted octanol–water partition coefficient (Wildman–Crippen LogP) is 2.58. The second-order valence-corrected chi connectivity index (χ2v) is 8.36. The quantitative estimate of drug-likeness (QED) is 0.474. The minimum atomic E-state index is -3.65. The first-order chi connectivity index (χ1) is 13.3. The molecule has 0 spiro atoms. The highest BCUT2D eigenvalue weighted by Crippen LogP contribution is 2.14. The Bertz CT molecular complexity index is 907. The number of rotatable bonds is 10. The van der Waals surface area contributed by atoms with Crippen LogP contribution in [0.25, 0.3) is 0 Å². The zero-order chi connectivity index (χ0) is 20.6. The van der Waals surface area contributed by atoms with E-state index in [1.807, 2.05) is 19.0 Å². The molecule has 0 saturated heterocycles. The van der Waals surface area contributed by atoms with Crippen molar-refractivity contribution in [3.05, 3.63) is 72.3 Å². The van der Waals surface area contributed by atoms with Gasteiger partial charge in [-0.2, -0.15) is 0 Å². The van der Waals surface area contributed by atoms with Crippen LogP contribution in [0, 0.1) is 0 Å². The highest BCUT2D eigenvalue weighted by Gasteiger charge is 2.15. The third kappa shape index (κ3) is 6.21. The van der Waals surface area contributed by atoms with Gasteiger partial charge in [0.05, 0.1) is 4.90 Å². The average Bonchev–Trinajstić information content (AvgIpc) is 2.70. The van der Waals surface area contributed by atoms with Crippen LogP contribution in [0.2, 0.25) is 0 Å². The van der Waals surface area contributed by atoms with Crippen LogP contribution in [-0.4, -0.2) is 41.5 Å². The topological polar surface area (TPSA) is 78.5 Å². The zero-order valence-electron chi connectivity index (χ0n) is 16.3. The van der Waals surface area contributed by atoms with Crippen LogP contribution in [0.3, 0.4) is 0 Å². The molecule has 0 fully saturated rings. The van der Waals surface area contributed by atoms with Gasteiger partial charge in [0.25, 0.3) is 5.91 Å². The monoisotopic (exact) mass is 401 g/mol. The maximum absolute atomic E-state index is 12.3. The van der Waals surface area contributed by atoms with E-state index in [1.54, 1.807) is 12.1 Å². The second kappa shape index (κ2) is 10.1. The average molecular weight is 402 g/mol. The number of anilines is 1. The molecule has 0 aromatic heterocycles. The fourth-order valence-corrected chi connectivity index (χ4v) is 3.66. The molecule has 7 heteroatoms. The van der Waals surface area contributed by atoms with Gasteiger partial charge in [-0.15, -0.1) is 6.58 Å². The lowest BCUT2D eigenvalue weighted by atomic mass is 10.1. The first kappa shape index (κ1) is 21.7. The summed E-state index contributed by atoms with van der Waals surface area (Å²) in [7, 11) is 0.347. The van der Waals surface area contributed by atoms with Crippen LogP contribution in [0.15, 0.2) is 66.1 Å². The van der Waals surface area contributed by atoms with Crippen LogP contribution in [0.5, 0.6) is 0 Å². The summed E-state index contributed by atoms with van der Waals surface area (Å²) in [6.07, 6.45) is 3.11. The Hall–Kier alpha value is -2.64. The molecule has 0 heterocycles. The van der Waals surface area contributed by atoms with Crippen LogP contribution in [0.4, 0.5) is 5.69 Å². The fraction of sp³-hybridized carbons (Fsp3) is 0.286. The third-order valence-electron chi connectivity index (χ3n) is 4.20. The summed E-state index contributed by atoms with van der Waals surface area (Å²) in [4.78, 5) is 14.4. The molecule has 6 nitrogen and oxygen atoms in total. The number of benzene rings is 2. The van der Waals surface area contributed by atoms with Gasteiger partial charge in [0, 0.05) is 38.4 Å².